The van der Waals surface area contributed by atoms with Gasteiger partial charge in [0.15, 0.2) is 0 Å². The van der Waals surface area contributed by atoms with E-state index >= 15 is 0 Å². The van der Waals surface area contributed by atoms with E-state index in [0.29, 0.717) is 5.69 Å². The average Bonchev–Trinajstić information content (AvgIpc) is 2.34. The maximum Gasteiger partial charge on any atom is 0.326 e. The van der Waals surface area contributed by atoms with Gasteiger partial charge in [-0.1, -0.05) is 13.8 Å². The number of carbonyl (C=O) groups is 1. The fourth-order valence-corrected chi connectivity index (χ4v) is 1.57. The summed E-state index contributed by atoms with van der Waals surface area (Å²) in [6.45, 7) is 3.48. The highest BCUT2D eigenvalue weighted by Crippen LogP contribution is 2.23. The molecular formula is C12H13N3O4. The molecule has 19 heavy (non-hydrogen) atoms. The molecule has 0 radical (unpaired) electrons. The minimum atomic E-state index is -1.02. The van der Waals surface area contributed by atoms with Gasteiger partial charge >= 0.3 is 5.97 Å². The van der Waals surface area contributed by atoms with Gasteiger partial charge in [-0.25, -0.2) is 4.79 Å². The Balaban J connectivity index is 3.07. The molecule has 0 amide bonds. The van der Waals surface area contributed by atoms with Crippen LogP contribution in [0.5, 0.6) is 0 Å². The maximum absolute atomic E-state index is 11.0. The van der Waals surface area contributed by atoms with Crippen molar-refractivity contribution >= 4 is 17.3 Å². The molecule has 100 valence electrons. The monoisotopic (exact) mass is 263 g/mol. The van der Waals surface area contributed by atoms with E-state index in [1.807, 2.05) is 0 Å². The van der Waals surface area contributed by atoms with Gasteiger partial charge in [0.05, 0.1) is 4.92 Å². The molecule has 0 fully saturated rings. The molecule has 0 aliphatic heterocycles. The summed E-state index contributed by atoms with van der Waals surface area (Å²) >= 11 is 0. The Morgan fingerprint density at radius 3 is 2.58 bits per heavy atom. The van der Waals surface area contributed by atoms with Gasteiger partial charge in [-0.3, -0.25) is 10.1 Å². The number of benzene rings is 1. The fourth-order valence-electron chi connectivity index (χ4n) is 1.57. The Kier molecular flexibility index (Phi) is 4.42. The highest BCUT2D eigenvalue weighted by molar-refractivity contribution is 5.78. The summed E-state index contributed by atoms with van der Waals surface area (Å²) in [4.78, 5) is 21.1. The van der Waals surface area contributed by atoms with Crippen LogP contribution in [0.4, 0.5) is 11.4 Å². The molecule has 7 nitrogen and oxygen atoms in total. The van der Waals surface area contributed by atoms with Gasteiger partial charge in [0.2, 0.25) is 0 Å². The molecule has 0 heterocycles. The molecule has 0 aliphatic rings. The lowest BCUT2D eigenvalue weighted by atomic mass is 10.0. The van der Waals surface area contributed by atoms with Crippen LogP contribution in [0.2, 0.25) is 0 Å². The van der Waals surface area contributed by atoms with E-state index in [0.717, 1.165) is 0 Å². The third kappa shape index (κ3) is 3.42. The second-order valence-corrected chi connectivity index (χ2v) is 4.31. The maximum atomic E-state index is 11.0. The van der Waals surface area contributed by atoms with Crippen LogP contribution in [0.1, 0.15) is 19.4 Å². The third-order valence-corrected chi connectivity index (χ3v) is 2.57. The molecule has 1 aromatic rings. The number of nitriles is 1. The summed E-state index contributed by atoms with van der Waals surface area (Å²) < 4.78 is 0. The predicted octanol–water partition coefficient (Wildman–Crippen LogP) is 1.99. The normalized spacial score (nSPS) is 11.7. The Hall–Kier alpha value is -2.62. The SMILES string of the molecule is CC(C)[C@@H](Nc1ccc([N+](=O)[O-])c(C#N)c1)C(=O)O. The number of anilines is 1. The number of nitrogens with one attached hydrogen (secondary N) is 1. The Morgan fingerprint density at radius 1 is 1.53 bits per heavy atom. The molecule has 0 bridgehead atoms. The predicted molar refractivity (Wildman–Crippen MR) is 67.7 cm³/mol. The van der Waals surface area contributed by atoms with E-state index in [-0.39, 0.29) is 17.2 Å². The molecule has 0 saturated heterocycles. The lowest BCUT2D eigenvalue weighted by Crippen LogP contribution is -2.34. The van der Waals surface area contributed by atoms with Crippen molar-refractivity contribution < 1.29 is 14.8 Å². The Morgan fingerprint density at radius 2 is 2.16 bits per heavy atom. The lowest BCUT2D eigenvalue weighted by molar-refractivity contribution is -0.385. The first-order chi connectivity index (χ1) is 8.86. The Labute approximate surface area is 109 Å². The van der Waals surface area contributed by atoms with E-state index in [1.54, 1.807) is 19.9 Å². The molecule has 0 aliphatic carbocycles. The van der Waals surface area contributed by atoms with E-state index in [1.165, 1.54) is 18.2 Å². The van der Waals surface area contributed by atoms with Crippen molar-refractivity contribution in [2.75, 3.05) is 5.32 Å². The first-order valence-corrected chi connectivity index (χ1v) is 5.54. The zero-order valence-corrected chi connectivity index (χ0v) is 10.5. The molecule has 0 saturated carbocycles. The van der Waals surface area contributed by atoms with Crippen LogP contribution in [0.15, 0.2) is 18.2 Å². The first-order valence-electron chi connectivity index (χ1n) is 5.54. The number of hydrogen-bond donors (Lipinski definition) is 2. The van der Waals surface area contributed by atoms with Crippen LogP contribution in [-0.4, -0.2) is 22.0 Å². The zero-order chi connectivity index (χ0) is 14.6. The van der Waals surface area contributed by atoms with Gasteiger partial charge in [-0.15, -0.1) is 0 Å². The molecule has 1 rings (SSSR count). The van der Waals surface area contributed by atoms with Crippen LogP contribution in [0.25, 0.3) is 0 Å². The summed E-state index contributed by atoms with van der Waals surface area (Å²) in [6, 6.07) is 4.74. The number of nitrogens with zero attached hydrogens (tertiary/aromatic N) is 2. The standard InChI is InChI=1S/C12H13N3O4/c1-7(2)11(12(16)17)14-9-3-4-10(15(18)19)8(5-9)6-13/h3-5,7,11,14H,1-2H3,(H,16,17)/t11-/m1/s1. The third-order valence-electron chi connectivity index (χ3n) is 2.57. The van der Waals surface area contributed by atoms with Crippen molar-refractivity contribution in [1.29, 1.82) is 5.26 Å². The van der Waals surface area contributed by atoms with Crippen LogP contribution in [-0.2, 0) is 4.79 Å². The fraction of sp³-hybridized carbons (Fsp3) is 0.333. The molecule has 0 unspecified atom stereocenters. The number of carboxylic acids is 1. The van der Waals surface area contributed by atoms with Gasteiger partial charge in [0.25, 0.3) is 5.69 Å². The molecule has 1 atom stereocenters. The quantitative estimate of drug-likeness (QED) is 0.619. The van der Waals surface area contributed by atoms with E-state index in [9.17, 15) is 14.9 Å². The second kappa shape index (κ2) is 5.82. The van der Waals surface area contributed by atoms with Crippen molar-refractivity contribution in [1.82, 2.24) is 0 Å². The highest BCUT2D eigenvalue weighted by atomic mass is 16.6. The molecule has 2 N–H and O–H groups in total. The topological polar surface area (TPSA) is 116 Å². The van der Waals surface area contributed by atoms with Crippen LogP contribution in [0.3, 0.4) is 0 Å². The van der Waals surface area contributed by atoms with E-state index in [4.69, 9.17) is 10.4 Å². The van der Waals surface area contributed by atoms with Gasteiger partial charge in [-0.05, 0) is 18.1 Å². The van der Waals surface area contributed by atoms with Gasteiger partial charge in [-0.2, -0.15) is 5.26 Å². The molecule has 1 aromatic carbocycles. The minimum absolute atomic E-state index is 0.108. The summed E-state index contributed by atoms with van der Waals surface area (Å²) in [7, 11) is 0. The molecule has 0 aromatic heterocycles. The first kappa shape index (κ1) is 14.4. The van der Waals surface area contributed by atoms with Crippen molar-refractivity contribution in [3.63, 3.8) is 0 Å². The molecule has 0 spiro atoms. The number of aliphatic carboxylic acids is 1. The summed E-state index contributed by atoms with van der Waals surface area (Å²) in [5.41, 5.74) is -0.0457. The van der Waals surface area contributed by atoms with Crippen molar-refractivity contribution in [3.05, 3.63) is 33.9 Å². The minimum Gasteiger partial charge on any atom is -0.480 e. The van der Waals surface area contributed by atoms with Crippen LogP contribution in [0, 0.1) is 27.4 Å². The molecular weight excluding hydrogens is 250 g/mol. The number of rotatable bonds is 5. The smallest absolute Gasteiger partial charge is 0.326 e. The largest absolute Gasteiger partial charge is 0.480 e. The lowest BCUT2D eigenvalue weighted by Gasteiger charge is -2.19. The Bertz CT molecular complexity index is 548. The number of nitro groups is 1. The van der Waals surface area contributed by atoms with Gasteiger partial charge in [0, 0.05) is 11.8 Å². The summed E-state index contributed by atoms with van der Waals surface area (Å²) in [5, 5.41) is 31.3. The molecule has 7 heteroatoms. The average molecular weight is 263 g/mol. The number of carboxylic acid groups (broad SMARTS) is 1. The van der Waals surface area contributed by atoms with Crippen molar-refractivity contribution in [3.8, 4) is 6.07 Å². The number of nitro benzene ring substituents is 1. The van der Waals surface area contributed by atoms with Crippen LogP contribution >= 0.6 is 0 Å². The van der Waals surface area contributed by atoms with E-state index < -0.39 is 16.9 Å². The zero-order valence-electron chi connectivity index (χ0n) is 10.5. The van der Waals surface area contributed by atoms with Crippen LogP contribution < -0.4 is 5.32 Å². The summed E-state index contributed by atoms with van der Waals surface area (Å²) in [5.74, 6) is -1.19. The number of hydrogen-bond acceptors (Lipinski definition) is 5. The highest BCUT2D eigenvalue weighted by Gasteiger charge is 2.22. The van der Waals surface area contributed by atoms with E-state index in [2.05, 4.69) is 5.32 Å². The van der Waals surface area contributed by atoms with Gasteiger partial charge < -0.3 is 10.4 Å². The van der Waals surface area contributed by atoms with Gasteiger partial charge in [0.1, 0.15) is 17.7 Å². The second-order valence-electron chi connectivity index (χ2n) is 4.31. The van der Waals surface area contributed by atoms with Crippen molar-refractivity contribution in [2.24, 2.45) is 5.92 Å². The summed E-state index contributed by atoms with van der Waals surface area (Å²) in [6.07, 6.45) is 0. The van der Waals surface area contributed by atoms with Crippen molar-refractivity contribution in [2.45, 2.75) is 19.9 Å².